The highest BCUT2D eigenvalue weighted by Gasteiger charge is 2.07. The highest BCUT2D eigenvalue weighted by Crippen LogP contribution is 2.35. The van der Waals surface area contributed by atoms with Crippen molar-refractivity contribution in [2.24, 2.45) is 0 Å². The fraction of sp³-hybridized carbons (Fsp3) is 0.0769. The molecular formula is C13H9Br3. The van der Waals surface area contributed by atoms with Gasteiger partial charge in [-0.2, -0.15) is 0 Å². The Labute approximate surface area is 120 Å². The first kappa shape index (κ1) is 12.3. The van der Waals surface area contributed by atoms with Gasteiger partial charge in [-0.25, -0.2) is 0 Å². The lowest BCUT2D eigenvalue weighted by molar-refractivity contribution is 1.44. The van der Waals surface area contributed by atoms with E-state index < -0.39 is 0 Å². The third kappa shape index (κ3) is 2.58. The van der Waals surface area contributed by atoms with Crippen molar-refractivity contribution in [2.45, 2.75) is 6.92 Å². The molecule has 0 heterocycles. The molecule has 0 N–H and O–H groups in total. The van der Waals surface area contributed by atoms with Crippen LogP contribution in [-0.2, 0) is 0 Å². The monoisotopic (exact) mass is 402 g/mol. The molecule has 0 aliphatic carbocycles. The summed E-state index contributed by atoms with van der Waals surface area (Å²) in [5.41, 5.74) is 3.64. The molecular weight excluding hydrogens is 396 g/mol. The van der Waals surface area contributed by atoms with Gasteiger partial charge in [0.1, 0.15) is 0 Å². The van der Waals surface area contributed by atoms with Crippen LogP contribution in [0, 0.1) is 6.92 Å². The van der Waals surface area contributed by atoms with Gasteiger partial charge in [0.2, 0.25) is 0 Å². The Bertz CT molecular complexity index is 483. The van der Waals surface area contributed by atoms with Crippen LogP contribution in [0.5, 0.6) is 0 Å². The molecule has 0 bridgehead atoms. The summed E-state index contributed by atoms with van der Waals surface area (Å²) >= 11 is 10.7. The molecule has 2 aromatic carbocycles. The molecule has 0 aromatic heterocycles. The molecule has 2 aromatic rings. The van der Waals surface area contributed by atoms with E-state index in [4.69, 9.17) is 0 Å². The van der Waals surface area contributed by atoms with Gasteiger partial charge in [-0.1, -0.05) is 65.5 Å². The average molecular weight is 405 g/mol. The second kappa shape index (κ2) is 5.03. The number of halogens is 3. The van der Waals surface area contributed by atoms with Crippen LogP contribution in [0.25, 0.3) is 11.1 Å². The predicted molar refractivity (Wildman–Crippen MR) is 79.7 cm³/mol. The summed E-state index contributed by atoms with van der Waals surface area (Å²) in [6.45, 7) is 2.10. The molecule has 3 heteroatoms. The van der Waals surface area contributed by atoms with Crippen LogP contribution in [0.2, 0.25) is 0 Å². The first-order valence-corrected chi connectivity index (χ1v) is 7.17. The summed E-state index contributed by atoms with van der Waals surface area (Å²) in [6, 6.07) is 12.5. The third-order valence-electron chi connectivity index (χ3n) is 2.34. The first-order chi connectivity index (χ1) is 7.58. The maximum atomic E-state index is 3.59. The maximum Gasteiger partial charge on any atom is 0.0254 e. The van der Waals surface area contributed by atoms with Crippen molar-refractivity contribution in [1.82, 2.24) is 0 Å². The van der Waals surface area contributed by atoms with Gasteiger partial charge in [-0.15, -0.1) is 0 Å². The van der Waals surface area contributed by atoms with E-state index in [0.29, 0.717) is 0 Å². The van der Waals surface area contributed by atoms with Gasteiger partial charge in [-0.3, -0.25) is 0 Å². The molecule has 0 aliphatic heterocycles. The number of benzene rings is 2. The third-order valence-corrected chi connectivity index (χ3v) is 4.22. The molecule has 0 amide bonds. The minimum absolute atomic E-state index is 1.08. The van der Waals surface area contributed by atoms with E-state index in [9.17, 15) is 0 Å². The van der Waals surface area contributed by atoms with Crippen LogP contribution in [-0.4, -0.2) is 0 Å². The smallest absolute Gasteiger partial charge is 0.0254 e. The Balaban J connectivity index is 2.66. The lowest BCUT2D eigenvalue weighted by atomic mass is 10.0. The Morgan fingerprint density at radius 2 is 1.31 bits per heavy atom. The van der Waals surface area contributed by atoms with Gasteiger partial charge in [-0.05, 0) is 42.3 Å². The van der Waals surface area contributed by atoms with E-state index >= 15 is 0 Å². The van der Waals surface area contributed by atoms with E-state index in [1.165, 1.54) is 16.7 Å². The topological polar surface area (TPSA) is 0 Å². The summed E-state index contributed by atoms with van der Waals surface area (Å²) in [4.78, 5) is 0. The standard InChI is InChI=1S/C13H9Br3/c1-8-2-4-12(15)10(6-8)11-7-9(14)3-5-13(11)16/h2-7H,1H3. The van der Waals surface area contributed by atoms with Gasteiger partial charge >= 0.3 is 0 Å². The van der Waals surface area contributed by atoms with Crippen molar-refractivity contribution in [2.75, 3.05) is 0 Å². The Morgan fingerprint density at radius 3 is 2.00 bits per heavy atom. The minimum atomic E-state index is 1.08. The van der Waals surface area contributed by atoms with Crippen molar-refractivity contribution in [1.29, 1.82) is 0 Å². The van der Waals surface area contributed by atoms with Crippen molar-refractivity contribution < 1.29 is 0 Å². The van der Waals surface area contributed by atoms with Gasteiger partial charge in [0.15, 0.2) is 0 Å². The molecule has 0 radical (unpaired) electrons. The molecule has 0 spiro atoms. The maximum absolute atomic E-state index is 3.59. The largest absolute Gasteiger partial charge is 0.0582 e. The molecule has 0 saturated carbocycles. The quantitative estimate of drug-likeness (QED) is 0.551. The second-order valence-corrected chi connectivity index (χ2v) is 6.23. The lowest BCUT2D eigenvalue weighted by Gasteiger charge is -2.09. The number of rotatable bonds is 1. The van der Waals surface area contributed by atoms with E-state index in [2.05, 4.69) is 79.0 Å². The highest BCUT2D eigenvalue weighted by atomic mass is 79.9. The van der Waals surface area contributed by atoms with Crippen molar-refractivity contribution in [3.63, 3.8) is 0 Å². The van der Waals surface area contributed by atoms with E-state index in [1.54, 1.807) is 0 Å². The highest BCUT2D eigenvalue weighted by molar-refractivity contribution is 9.11. The predicted octanol–water partition coefficient (Wildman–Crippen LogP) is 5.95. The molecule has 0 nitrogen and oxygen atoms in total. The number of aryl methyl sites for hydroxylation is 1. The molecule has 2 rings (SSSR count). The van der Waals surface area contributed by atoms with Crippen LogP contribution in [0.1, 0.15) is 5.56 Å². The van der Waals surface area contributed by atoms with Gasteiger partial charge in [0, 0.05) is 13.4 Å². The number of hydrogen-bond donors (Lipinski definition) is 0. The molecule has 0 atom stereocenters. The molecule has 0 saturated heterocycles. The van der Waals surface area contributed by atoms with E-state index in [-0.39, 0.29) is 0 Å². The second-order valence-electron chi connectivity index (χ2n) is 3.61. The molecule has 82 valence electrons. The summed E-state index contributed by atoms with van der Waals surface area (Å²) < 4.78 is 3.29. The molecule has 0 unspecified atom stereocenters. The normalized spacial score (nSPS) is 10.5. The Hall–Kier alpha value is -0.120. The fourth-order valence-electron chi connectivity index (χ4n) is 1.55. The summed E-state index contributed by atoms with van der Waals surface area (Å²) in [7, 11) is 0. The summed E-state index contributed by atoms with van der Waals surface area (Å²) in [5, 5.41) is 0. The minimum Gasteiger partial charge on any atom is -0.0582 e. The van der Waals surface area contributed by atoms with Crippen molar-refractivity contribution in [3.05, 3.63) is 55.4 Å². The zero-order valence-corrected chi connectivity index (χ0v) is 13.4. The number of hydrogen-bond acceptors (Lipinski definition) is 0. The van der Waals surface area contributed by atoms with Crippen LogP contribution in [0.3, 0.4) is 0 Å². The van der Waals surface area contributed by atoms with Gasteiger partial charge in [0.05, 0.1) is 0 Å². The van der Waals surface area contributed by atoms with E-state index in [0.717, 1.165) is 13.4 Å². The summed E-state index contributed by atoms with van der Waals surface area (Å²) in [5.74, 6) is 0. The Kier molecular flexibility index (Phi) is 3.88. The summed E-state index contributed by atoms with van der Waals surface area (Å²) in [6.07, 6.45) is 0. The van der Waals surface area contributed by atoms with E-state index in [1.807, 2.05) is 12.1 Å². The Morgan fingerprint density at radius 1 is 0.750 bits per heavy atom. The lowest BCUT2D eigenvalue weighted by Crippen LogP contribution is -1.84. The molecule has 0 aliphatic rings. The zero-order chi connectivity index (χ0) is 11.7. The average Bonchev–Trinajstić information content (AvgIpc) is 2.25. The molecule has 16 heavy (non-hydrogen) atoms. The first-order valence-electron chi connectivity index (χ1n) is 4.79. The van der Waals surface area contributed by atoms with Crippen LogP contribution >= 0.6 is 47.8 Å². The van der Waals surface area contributed by atoms with Gasteiger partial charge < -0.3 is 0 Å². The van der Waals surface area contributed by atoms with Crippen LogP contribution in [0.15, 0.2) is 49.8 Å². The van der Waals surface area contributed by atoms with Crippen molar-refractivity contribution >= 4 is 47.8 Å². The zero-order valence-electron chi connectivity index (χ0n) is 8.60. The van der Waals surface area contributed by atoms with Crippen molar-refractivity contribution in [3.8, 4) is 11.1 Å². The van der Waals surface area contributed by atoms with Crippen LogP contribution < -0.4 is 0 Å². The van der Waals surface area contributed by atoms with Gasteiger partial charge in [0.25, 0.3) is 0 Å². The fourth-order valence-corrected chi connectivity index (χ4v) is 2.83. The van der Waals surface area contributed by atoms with Crippen LogP contribution in [0.4, 0.5) is 0 Å². The SMILES string of the molecule is Cc1ccc(Br)c(-c2cc(Br)ccc2Br)c1. The molecule has 0 fully saturated rings.